The third kappa shape index (κ3) is 7.55. The molecule has 4 nitrogen and oxygen atoms in total. The van der Waals surface area contributed by atoms with Crippen LogP contribution in [0.5, 0.6) is 11.5 Å². The predicted octanol–water partition coefficient (Wildman–Crippen LogP) is 3.42. The van der Waals surface area contributed by atoms with E-state index < -0.39 is 0 Å². The van der Waals surface area contributed by atoms with Gasteiger partial charge in [0.1, 0.15) is 0 Å². The molecule has 0 spiro atoms. The van der Waals surface area contributed by atoms with Gasteiger partial charge in [-0.15, -0.1) is 12.4 Å². The number of unbranched alkanes of at least 4 members (excludes halogenated alkanes) is 1. The van der Waals surface area contributed by atoms with E-state index in [1.165, 1.54) is 6.42 Å². The summed E-state index contributed by atoms with van der Waals surface area (Å²) in [6.07, 6.45) is 3.36. The Balaban J connectivity index is 0.00000400. The Kier molecular flexibility index (Phi) is 12.2. The molecular formula is C16H28ClNO3. The van der Waals surface area contributed by atoms with E-state index in [4.69, 9.17) is 14.2 Å². The monoisotopic (exact) mass is 317 g/mol. The Bertz CT molecular complexity index is 375. The van der Waals surface area contributed by atoms with Crippen LogP contribution < -0.4 is 14.8 Å². The molecule has 0 atom stereocenters. The van der Waals surface area contributed by atoms with Crippen molar-refractivity contribution in [1.82, 2.24) is 5.32 Å². The van der Waals surface area contributed by atoms with Crippen LogP contribution >= 0.6 is 12.4 Å². The topological polar surface area (TPSA) is 39.7 Å². The van der Waals surface area contributed by atoms with E-state index in [1.807, 2.05) is 18.2 Å². The van der Waals surface area contributed by atoms with E-state index in [-0.39, 0.29) is 12.4 Å². The molecule has 21 heavy (non-hydrogen) atoms. The molecular weight excluding hydrogens is 290 g/mol. The molecule has 0 aliphatic rings. The van der Waals surface area contributed by atoms with Gasteiger partial charge in [0.15, 0.2) is 11.5 Å². The van der Waals surface area contributed by atoms with E-state index in [0.717, 1.165) is 56.2 Å². The summed E-state index contributed by atoms with van der Waals surface area (Å²) in [5.74, 6) is 1.58. The Morgan fingerprint density at radius 1 is 1.05 bits per heavy atom. The lowest BCUT2D eigenvalue weighted by Crippen LogP contribution is -2.17. The molecule has 0 saturated carbocycles. The number of benzene rings is 1. The molecule has 0 radical (unpaired) electrons. The number of halogens is 1. The summed E-state index contributed by atoms with van der Waals surface area (Å²) in [4.78, 5) is 0. The molecule has 0 aliphatic carbocycles. The minimum Gasteiger partial charge on any atom is -0.493 e. The fourth-order valence-corrected chi connectivity index (χ4v) is 1.96. The number of hydrogen-bond acceptors (Lipinski definition) is 4. The minimum absolute atomic E-state index is 0. The quantitative estimate of drug-likeness (QED) is 0.635. The smallest absolute Gasteiger partial charge is 0.165 e. The van der Waals surface area contributed by atoms with Gasteiger partial charge in [-0.2, -0.15) is 0 Å². The standard InChI is InChI=1S/C16H27NO3.ClH/c1-4-5-11-20-12-7-10-17-13-14-8-6-9-15(18-2)16(14)19-3;/h6,8-9,17H,4-5,7,10-13H2,1-3H3;1H. The summed E-state index contributed by atoms with van der Waals surface area (Å²) in [6, 6.07) is 5.93. The lowest BCUT2D eigenvalue weighted by molar-refractivity contribution is 0.128. The highest BCUT2D eigenvalue weighted by Crippen LogP contribution is 2.30. The van der Waals surface area contributed by atoms with Crippen LogP contribution in [0.2, 0.25) is 0 Å². The van der Waals surface area contributed by atoms with Gasteiger partial charge in [-0.1, -0.05) is 25.5 Å². The number of hydrogen-bond donors (Lipinski definition) is 1. The first-order valence-corrected chi connectivity index (χ1v) is 7.31. The highest BCUT2D eigenvalue weighted by molar-refractivity contribution is 5.85. The third-order valence-corrected chi connectivity index (χ3v) is 3.08. The van der Waals surface area contributed by atoms with E-state index in [9.17, 15) is 0 Å². The van der Waals surface area contributed by atoms with Crippen LogP contribution in [0.25, 0.3) is 0 Å². The van der Waals surface area contributed by atoms with Gasteiger partial charge in [-0.25, -0.2) is 0 Å². The molecule has 1 N–H and O–H groups in total. The highest BCUT2D eigenvalue weighted by atomic mass is 35.5. The van der Waals surface area contributed by atoms with E-state index in [2.05, 4.69) is 12.2 Å². The van der Waals surface area contributed by atoms with Gasteiger partial charge in [-0.3, -0.25) is 0 Å². The molecule has 0 aromatic heterocycles. The highest BCUT2D eigenvalue weighted by Gasteiger charge is 2.08. The second kappa shape index (κ2) is 12.7. The molecule has 0 bridgehead atoms. The second-order valence-electron chi connectivity index (χ2n) is 4.65. The van der Waals surface area contributed by atoms with Gasteiger partial charge in [0.05, 0.1) is 14.2 Å². The first-order chi connectivity index (χ1) is 9.83. The zero-order chi connectivity index (χ0) is 14.6. The first kappa shape index (κ1) is 20.0. The SMILES string of the molecule is CCCCOCCCNCc1cccc(OC)c1OC.Cl. The minimum atomic E-state index is 0. The van der Waals surface area contributed by atoms with Gasteiger partial charge in [0.2, 0.25) is 0 Å². The molecule has 0 unspecified atom stereocenters. The maximum absolute atomic E-state index is 5.52. The zero-order valence-corrected chi connectivity index (χ0v) is 14.1. The molecule has 0 heterocycles. The maximum Gasteiger partial charge on any atom is 0.165 e. The average Bonchev–Trinajstić information content (AvgIpc) is 2.49. The normalized spacial score (nSPS) is 10.0. The molecule has 122 valence electrons. The lowest BCUT2D eigenvalue weighted by Gasteiger charge is -2.13. The molecule has 1 aromatic rings. The van der Waals surface area contributed by atoms with Gasteiger partial charge < -0.3 is 19.5 Å². The predicted molar refractivity (Wildman–Crippen MR) is 88.8 cm³/mol. The summed E-state index contributed by atoms with van der Waals surface area (Å²) < 4.78 is 16.2. The van der Waals surface area contributed by atoms with Crippen molar-refractivity contribution >= 4 is 12.4 Å². The summed E-state index contributed by atoms with van der Waals surface area (Å²) in [7, 11) is 3.33. The van der Waals surface area contributed by atoms with Crippen LogP contribution in [-0.2, 0) is 11.3 Å². The van der Waals surface area contributed by atoms with Crippen LogP contribution in [0.15, 0.2) is 18.2 Å². The van der Waals surface area contributed by atoms with Gasteiger partial charge in [0, 0.05) is 25.3 Å². The van der Waals surface area contributed by atoms with Gasteiger partial charge in [0.25, 0.3) is 0 Å². The molecule has 0 fully saturated rings. The molecule has 0 aliphatic heterocycles. The van der Waals surface area contributed by atoms with Gasteiger partial charge >= 0.3 is 0 Å². The van der Waals surface area contributed by atoms with Crippen LogP contribution in [0.3, 0.4) is 0 Å². The summed E-state index contributed by atoms with van der Waals surface area (Å²) in [5.41, 5.74) is 1.11. The van der Waals surface area contributed by atoms with Crippen LogP contribution in [-0.4, -0.2) is 34.0 Å². The van der Waals surface area contributed by atoms with Crippen molar-refractivity contribution in [2.45, 2.75) is 32.7 Å². The number of para-hydroxylation sites is 1. The molecule has 0 amide bonds. The second-order valence-corrected chi connectivity index (χ2v) is 4.65. The summed E-state index contributed by atoms with van der Waals surface area (Å²) >= 11 is 0. The van der Waals surface area contributed by atoms with Crippen molar-refractivity contribution in [2.24, 2.45) is 0 Å². The summed E-state index contributed by atoms with van der Waals surface area (Å²) in [6.45, 7) is 5.58. The lowest BCUT2D eigenvalue weighted by atomic mass is 10.2. The largest absolute Gasteiger partial charge is 0.493 e. The Labute approximate surface area is 134 Å². The van der Waals surface area contributed by atoms with Crippen LogP contribution in [0, 0.1) is 0 Å². The van der Waals surface area contributed by atoms with Crippen molar-refractivity contribution in [3.05, 3.63) is 23.8 Å². The number of nitrogens with one attached hydrogen (secondary N) is 1. The third-order valence-electron chi connectivity index (χ3n) is 3.08. The van der Waals surface area contributed by atoms with Gasteiger partial charge in [-0.05, 0) is 25.5 Å². The number of rotatable bonds is 11. The van der Waals surface area contributed by atoms with Crippen molar-refractivity contribution in [1.29, 1.82) is 0 Å². The van der Waals surface area contributed by atoms with Crippen molar-refractivity contribution in [2.75, 3.05) is 34.0 Å². The van der Waals surface area contributed by atoms with Crippen molar-refractivity contribution < 1.29 is 14.2 Å². The van der Waals surface area contributed by atoms with E-state index in [0.29, 0.717) is 0 Å². The zero-order valence-electron chi connectivity index (χ0n) is 13.3. The molecule has 5 heteroatoms. The number of ether oxygens (including phenoxy) is 3. The Hall–Kier alpha value is -0.970. The Morgan fingerprint density at radius 3 is 2.48 bits per heavy atom. The first-order valence-electron chi connectivity index (χ1n) is 7.31. The van der Waals surface area contributed by atoms with E-state index >= 15 is 0 Å². The number of methoxy groups -OCH3 is 2. The maximum atomic E-state index is 5.52. The van der Waals surface area contributed by atoms with Crippen molar-refractivity contribution in [3.8, 4) is 11.5 Å². The average molecular weight is 318 g/mol. The van der Waals surface area contributed by atoms with Crippen molar-refractivity contribution in [3.63, 3.8) is 0 Å². The van der Waals surface area contributed by atoms with Crippen LogP contribution in [0.1, 0.15) is 31.7 Å². The Morgan fingerprint density at radius 2 is 1.81 bits per heavy atom. The molecule has 0 saturated heterocycles. The fourth-order valence-electron chi connectivity index (χ4n) is 1.96. The fraction of sp³-hybridized carbons (Fsp3) is 0.625. The molecule has 1 aromatic carbocycles. The molecule has 1 rings (SSSR count). The van der Waals surface area contributed by atoms with E-state index in [1.54, 1.807) is 14.2 Å². The summed E-state index contributed by atoms with van der Waals surface area (Å²) in [5, 5.41) is 3.40. The van der Waals surface area contributed by atoms with Crippen LogP contribution in [0.4, 0.5) is 0 Å².